The van der Waals surface area contributed by atoms with Crippen LogP contribution >= 0.6 is 0 Å². The summed E-state index contributed by atoms with van der Waals surface area (Å²) in [4.78, 5) is 23.2. The van der Waals surface area contributed by atoms with E-state index >= 15 is 0 Å². The molecule has 0 bridgehead atoms. The maximum absolute atomic E-state index is 11.7. The third-order valence-electron chi connectivity index (χ3n) is 2.84. The molecule has 2 rings (SSSR count). The first-order valence-electron chi connectivity index (χ1n) is 6.66. The first kappa shape index (κ1) is 16.7. The number of ether oxygens (including phenoxy) is 2. The zero-order valence-electron chi connectivity index (χ0n) is 12.0. The quantitative estimate of drug-likeness (QED) is 0.799. The Morgan fingerprint density at radius 2 is 1.04 bits per heavy atom. The predicted molar refractivity (Wildman–Crippen MR) is 82.2 cm³/mol. The number of hydrogen-bond acceptors (Lipinski definition) is 6. The second-order valence-corrected chi connectivity index (χ2v) is 6.23. The fourth-order valence-corrected chi connectivity index (χ4v) is 2.22. The van der Waals surface area contributed by atoms with E-state index in [-0.39, 0.29) is 13.2 Å². The molecule has 0 aliphatic heterocycles. The molecule has 0 heterocycles. The smallest absolute Gasteiger partial charge is 0.436 e. The molecule has 7 heteroatoms. The molecule has 0 aromatic heterocycles. The van der Waals surface area contributed by atoms with Crippen LogP contribution in [0.3, 0.4) is 0 Å². The fourth-order valence-electron chi connectivity index (χ4n) is 1.66. The first-order valence-corrected chi connectivity index (χ1v) is 8.15. The van der Waals surface area contributed by atoms with Gasteiger partial charge in [-0.3, -0.25) is 0 Å². The largest absolute Gasteiger partial charge is 0.449 e. The van der Waals surface area contributed by atoms with Gasteiger partial charge in [0.2, 0.25) is 0 Å². The van der Waals surface area contributed by atoms with E-state index in [1.165, 1.54) is 0 Å². The van der Waals surface area contributed by atoms with Crippen molar-refractivity contribution in [3.05, 3.63) is 71.8 Å². The van der Waals surface area contributed by atoms with Gasteiger partial charge in [-0.15, -0.1) is 0 Å². The van der Waals surface area contributed by atoms with Crippen LogP contribution in [0.5, 0.6) is 0 Å². The standard InChI is InChI=1S/C16H14O6S/c17-15(21-11-13-7-3-1-4-8-13)23(19,20)16(18)22-12-14-9-5-2-6-10-14/h1-10H,11-12H2. The van der Waals surface area contributed by atoms with Crippen molar-refractivity contribution in [2.45, 2.75) is 13.2 Å². The highest BCUT2D eigenvalue weighted by atomic mass is 32.2. The van der Waals surface area contributed by atoms with Crippen LogP contribution in [0.1, 0.15) is 11.1 Å². The minimum absolute atomic E-state index is 0.245. The van der Waals surface area contributed by atoms with Gasteiger partial charge >= 0.3 is 20.4 Å². The average molecular weight is 334 g/mol. The Balaban J connectivity index is 1.91. The van der Waals surface area contributed by atoms with Gasteiger partial charge in [-0.2, -0.15) is 0 Å². The molecule has 120 valence electrons. The van der Waals surface area contributed by atoms with E-state index in [1.807, 2.05) is 0 Å². The molecule has 0 spiro atoms. The maximum Gasteiger partial charge on any atom is 0.436 e. The molecule has 0 unspecified atom stereocenters. The molecule has 23 heavy (non-hydrogen) atoms. The Kier molecular flexibility index (Phi) is 5.48. The van der Waals surface area contributed by atoms with Gasteiger partial charge in [0.05, 0.1) is 0 Å². The van der Waals surface area contributed by atoms with Crippen LogP contribution in [-0.2, 0) is 32.5 Å². The lowest BCUT2D eigenvalue weighted by molar-refractivity contribution is 0.157. The van der Waals surface area contributed by atoms with Crippen molar-refractivity contribution >= 4 is 20.4 Å². The van der Waals surface area contributed by atoms with Crippen molar-refractivity contribution in [2.75, 3.05) is 0 Å². The minimum atomic E-state index is -4.80. The molecular formula is C16H14O6S. The molecule has 0 atom stereocenters. The van der Waals surface area contributed by atoms with Gasteiger partial charge in [0, 0.05) is 0 Å². The Labute approximate surface area is 133 Å². The van der Waals surface area contributed by atoms with Gasteiger partial charge in [-0.1, -0.05) is 60.7 Å². The summed E-state index contributed by atoms with van der Waals surface area (Å²) in [7, 11) is -4.80. The molecule has 0 saturated carbocycles. The molecule has 0 radical (unpaired) electrons. The summed E-state index contributed by atoms with van der Waals surface area (Å²) in [6.45, 7) is -0.490. The third-order valence-corrected chi connectivity index (χ3v) is 3.95. The monoisotopic (exact) mass is 334 g/mol. The van der Waals surface area contributed by atoms with Gasteiger partial charge in [0.15, 0.2) is 0 Å². The van der Waals surface area contributed by atoms with E-state index in [0.717, 1.165) is 0 Å². The second-order valence-electron chi connectivity index (χ2n) is 4.55. The summed E-state index contributed by atoms with van der Waals surface area (Å²) in [6, 6.07) is 17.0. The SMILES string of the molecule is O=C(OCc1ccccc1)S(=O)(=O)C(=O)OCc1ccccc1. The Morgan fingerprint density at radius 1 is 0.696 bits per heavy atom. The van der Waals surface area contributed by atoms with E-state index in [4.69, 9.17) is 0 Å². The lowest BCUT2D eigenvalue weighted by Gasteiger charge is -2.06. The molecule has 0 saturated heterocycles. The summed E-state index contributed by atoms with van der Waals surface area (Å²) >= 11 is 0. The number of rotatable bonds is 4. The maximum atomic E-state index is 11.7. The van der Waals surface area contributed by atoms with Gasteiger partial charge in [-0.05, 0) is 11.1 Å². The highest BCUT2D eigenvalue weighted by molar-refractivity contribution is 8.18. The zero-order chi connectivity index (χ0) is 16.7. The van der Waals surface area contributed by atoms with Crippen LogP contribution in [0.15, 0.2) is 60.7 Å². The summed E-state index contributed by atoms with van der Waals surface area (Å²) in [6.07, 6.45) is 0. The molecule has 0 amide bonds. The molecular weight excluding hydrogens is 320 g/mol. The van der Waals surface area contributed by atoms with Crippen molar-refractivity contribution in [1.29, 1.82) is 0 Å². The lowest BCUT2D eigenvalue weighted by Crippen LogP contribution is -2.25. The van der Waals surface area contributed by atoms with Crippen LogP contribution in [0.25, 0.3) is 0 Å². The number of carbonyl (C=O) groups excluding carboxylic acids is 2. The second kappa shape index (κ2) is 7.55. The highest BCUT2D eigenvalue weighted by Gasteiger charge is 2.35. The normalized spacial score (nSPS) is 10.8. The van der Waals surface area contributed by atoms with Gasteiger partial charge < -0.3 is 9.47 Å². The van der Waals surface area contributed by atoms with Crippen molar-refractivity contribution in [2.24, 2.45) is 0 Å². The van der Waals surface area contributed by atoms with E-state index in [0.29, 0.717) is 11.1 Å². The van der Waals surface area contributed by atoms with Crippen LogP contribution < -0.4 is 0 Å². The van der Waals surface area contributed by atoms with E-state index in [9.17, 15) is 18.0 Å². The van der Waals surface area contributed by atoms with Crippen LogP contribution in [0.2, 0.25) is 0 Å². The number of hydrogen-bond donors (Lipinski definition) is 0. The number of sulfone groups is 1. The lowest BCUT2D eigenvalue weighted by atomic mass is 10.2. The third kappa shape index (κ3) is 4.65. The van der Waals surface area contributed by atoms with Gasteiger partial charge in [-0.25, -0.2) is 18.0 Å². The number of carbonyl (C=O) groups is 2. The van der Waals surface area contributed by atoms with E-state index in [2.05, 4.69) is 9.47 Å². The molecule has 0 fully saturated rings. The van der Waals surface area contributed by atoms with Crippen molar-refractivity contribution < 1.29 is 27.5 Å². The van der Waals surface area contributed by atoms with Crippen LogP contribution in [-0.4, -0.2) is 19.0 Å². The zero-order valence-corrected chi connectivity index (χ0v) is 12.9. The van der Waals surface area contributed by atoms with E-state index in [1.54, 1.807) is 60.7 Å². The topological polar surface area (TPSA) is 86.7 Å². The van der Waals surface area contributed by atoms with Crippen LogP contribution in [0.4, 0.5) is 9.59 Å². The molecule has 2 aromatic carbocycles. The molecule has 0 aliphatic rings. The van der Waals surface area contributed by atoms with E-state index < -0.39 is 20.4 Å². The number of benzene rings is 2. The summed E-state index contributed by atoms with van der Waals surface area (Å²) < 4.78 is 32.7. The summed E-state index contributed by atoms with van der Waals surface area (Å²) in [5.74, 6) is 0. The van der Waals surface area contributed by atoms with Crippen molar-refractivity contribution in [3.63, 3.8) is 0 Å². The molecule has 6 nitrogen and oxygen atoms in total. The van der Waals surface area contributed by atoms with Gasteiger partial charge in [0.1, 0.15) is 13.2 Å². The molecule has 0 N–H and O–H groups in total. The Hall–Kier alpha value is -2.67. The predicted octanol–water partition coefficient (Wildman–Crippen LogP) is 3.07. The summed E-state index contributed by atoms with van der Waals surface area (Å²) in [5, 5.41) is -3.25. The van der Waals surface area contributed by atoms with Crippen molar-refractivity contribution in [1.82, 2.24) is 0 Å². The van der Waals surface area contributed by atoms with Crippen LogP contribution in [0, 0.1) is 0 Å². The Morgan fingerprint density at radius 3 is 1.39 bits per heavy atom. The Bertz CT molecular complexity index is 707. The fraction of sp³-hybridized carbons (Fsp3) is 0.125. The highest BCUT2D eigenvalue weighted by Crippen LogP contribution is 2.09. The summed E-state index contributed by atoms with van der Waals surface area (Å²) in [5.41, 5.74) is 1.21. The molecule has 0 aliphatic carbocycles. The minimum Gasteiger partial charge on any atom is -0.449 e. The average Bonchev–Trinajstić information content (AvgIpc) is 2.59. The molecule has 2 aromatic rings. The van der Waals surface area contributed by atoms with Gasteiger partial charge in [0.25, 0.3) is 0 Å². The van der Waals surface area contributed by atoms with Crippen molar-refractivity contribution in [3.8, 4) is 0 Å². The first-order chi connectivity index (χ1) is 11.0.